The van der Waals surface area contributed by atoms with Gasteiger partial charge in [-0.25, -0.2) is 0 Å². The van der Waals surface area contributed by atoms with Crippen LogP contribution in [0.4, 0.5) is 0 Å². The smallest absolute Gasteiger partial charge is 0.164 e. The van der Waals surface area contributed by atoms with E-state index in [1.165, 1.54) is 56.9 Å². The fraction of sp³-hybridized carbons (Fsp3) is 0.828. The average molecular weight is 442 g/mol. The first-order valence-electron chi connectivity index (χ1n) is 13.5. The Balaban J connectivity index is 1.50. The second kappa shape index (κ2) is 9.65. The summed E-state index contributed by atoms with van der Waals surface area (Å²) in [6.07, 6.45) is 18.7. The monoisotopic (exact) mass is 441 g/mol. The van der Waals surface area contributed by atoms with E-state index in [0.717, 1.165) is 55.1 Å². The molecule has 6 atom stereocenters. The normalized spacial score (nSPS) is 40.7. The fourth-order valence-corrected chi connectivity index (χ4v) is 7.74. The van der Waals surface area contributed by atoms with Gasteiger partial charge in [-0.1, -0.05) is 69.8 Å². The Morgan fingerprint density at radius 1 is 1.12 bits per heavy atom. The van der Waals surface area contributed by atoms with Gasteiger partial charge >= 0.3 is 0 Å². The van der Waals surface area contributed by atoms with Crippen molar-refractivity contribution in [2.45, 2.75) is 123 Å². The summed E-state index contributed by atoms with van der Waals surface area (Å²) in [4.78, 5) is 5.98. The van der Waals surface area contributed by atoms with Gasteiger partial charge in [0.25, 0.3) is 0 Å². The van der Waals surface area contributed by atoms with Gasteiger partial charge in [-0.2, -0.15) is 0 Å². The van der Waals surface area contributed by atoms with Gasteiger partial charge in [-0.15, -0.1) is 0 Å². The highest BCUT2D eigenvalue weighted by Gasteiger charge is 2.50. The van der Waals surface area contributed by atoms with Crippen molar-refractivity contribution in [1.29, 1.82) is 0 Å². The van der Waals surface area contributed by atoms with Crippen LogP contribution in [-0.2, 0) is 4.84 Å². The molecule has 0 aromatic heterocycles. The molecule has 0 radical (unpaired) electrons. The maximum Gasteiger partial charge on any atom is 0.164 e. The molecular weight excluding hydrogens is 394 g/mol. The van der Waals surface area contributed by atoms with E-state index in [4.69, 9.17) is 4.84 Å². The Bertz CT molecular complexity index is 765. The zero-order valence-electron chi connectivity index (χ0n) is 21.3. The average Bonchev–Trinajstić information content (AvgIpc) is 3.29. The summed E-state index contributed by atoms with van der Waals surface area (Å²) < 4.78 is 0. The fourth-order valence-electron chi connectivity index (χ4n) is 7.74. The lowest BCUT2D eigenvalue weighted by molar-refractivity contribution is -0.0282. The minimum absolute atomic E-state index is 0.242. The molecule has 0 aromatic rings. The molecule has 0 amide bonds. The van der Waals surface area contributed by atoms with Crippen LogP contribution in [0.2, 0.25) is 0 Å². The topological polar surface area (TPSA) is 41.8 Å². The Morgan fingerprint density at radius 2 is 1.94 bits per heavy atom. The molecule has 1 aliphatic heterocycles. The number of oxime groups is 1. The third-order valence-corrected chi connectivity index (χ3v) is 9.50. The molecule has 32 heavy (non-hydrogen) atoms. The molecule has 3 aliphatic carbocycles. The van der Waals surface area contributed by atoms with E-state index < -0.39 is 0 Å². The van der Waals surface area contributed by atoms with Gasteiger partial charge < -0.3 is 9.94 Å². The molecule has 4 aliphatic rings. The van der Waals surface area contributed by atoms with E-state index in [-0.39, 0.29) is 11.7 Å². The van der Waals surface area contributed by atoms with Crippen molar-refractivity contribution in [3.05, 3.63) is 23.3 Å². The van der Waals surface area contributed by atoms with E-state index in [0.29, 0.717) is 5.41 Å². The minimum atomic E-state index is -0.290. The molecule has 1 N–H and O–H groups in total. The van der Waals surface area contributed by atoms with Gasteiger partial charge in [0.15, 0.2) is 5.60 Å². The summed E-state index contributed by atoms with van der Waals surface area (Å²) >= 11 is 0. The summed E-state index contributed by atoms with van der Waals surface area (Å²) in [6, 6.07) is 0. The molecule has 3 fully saturated rings. The van der Waals surface area contributed by atoms with Crippen molar-refractivity contribution in [2.24, 2.45) is 34.2 Å². The predicted molar refractivity (Wildman–Crippen MR) is 134 cm³/mol. The number of hydrogen-bond donors (Lipinski definition) is 1. The lowest BCUT2D eigenvalue weighted by Gasteiger charge is -2.44. The molecule has 4 rings (SSSR count). The summed E-state index contributed by atoms with van der Waals surface area (Å²) in [6.45, 7) is 11.9. The Labute approximate surface area is 196 Å². The van der Waals surface area contributed by atoms with Gasteiger partial charge in [0.1, 0.15) is 0 Å². The number of rotatable bonds is 6. The molecule has 0 saturated heterocycles. The van der Waals surface area contributed by atoms with E-state index >= 15 is 0 Å². The van der Waals surface area contributed by atoms with Crippen LogP contribution in [0.3, 0.4) is 0 Å². The zero-order valence-corrected chi connectivity index (χ0v) is 21.3. The van der Waals surface area contributed by atoms with Crippen molar-refractivity contribution >= 4 is 5.71 Å². The third kappa shape index (κ3) is 4.74. The molecule has 1 heterocycles. The van der Waals surface area contributed by atoms with Crippen LogP contribution < -0.4 is 0 Å². The standard InChI is InChI=1S/C29H47NO2/c1-20(2)8-6-9-21(3)26-13-14-27-23(10-7-16-28(26,27)5)11-12-24-18-25(31)15-17-29(24)19-22(4)30-32-29/h11-12,20-21,25-27,31H,6-10,13-19H2,1-5H3/b23-11+,24-12-/t21-,25+,26-,27+,28-,29-/m1/s1. The summed E-state index contributed by atoms with van der Waals surface area (Å²) in [7, 11) is 0. The van der Waals surface area contributed by atoms with Crippen LogP contribution in [0, 0.1) is 29.1 Å². The summed E-state index contributed by atoms with van der Waals surface area (Å²) in [5.41, 5.74) is 4.17. The maximum absolute atomic E-state index is 10.4. The number of allylic oxidation sites excluding steroid dienone is 3. The van der Waals surface area contributed by atoms with Gasteiger partial charge in [0.05, 0.1) is 11.8 Å². The molecule has 3 nitrogen and oxygen atoms in total. The highest BCUT2D eigenvalue weighted by atomic mass is 16.7. The first-order valence-corrected chi connectivity index (χ1v) is 13.5. The molecule has 0 unspecified atom stereocenters. The maximum atomic E-state index is 10.4. The molecular formula is C29H47NO2. The number of fused-ring (bicyclic) bond motifs is 1. The van der Waals surface area contributed by atoms with Crippen molar-refractivity contribution in [3.8, 4) is 0 Å². The number of hydrogen-bond acceptors (Lipinski definition) is 3. The van der Waals surface area contributed by atoms with Crippen molar-refractivity contribution in [1.82, 2.24) is 0 Å². The second-order valence-electron chi connectivity index (χ2n) is 12.3. The van der Waals surface area contributed by atoms with Crippen LogP contribution in [0.25, 0.3) is 0 Å². The predicted octanol–water partition coefficient (Wildman–Crippen LogP) is 7.60. The largest absolute Gasteiger partial charge is 0.393 e. The Kier molecular flexibility index (Phi) is 7.25. The van der Waals surface area contributed by atoms with Gasteiger partial charge in [-0.05, 0) is 93.0 Å². The van der Waals surface area contributed by atoms with Gasteiger partial charge in [0.2, 0.25) is 0 Å². The summed E-state index contributed by atoms with van der Waals surface area (Å²) in [5, 5.41) is 14.6. The third-order valence-electron chi connectivity index (χ3n) is 9.50. The molecule has 3 heteroatoms. The van der Waals surface area contributed by atoms with Crippen LogP contribution in [0.5, 0.6) is 0 Å². The first-order chi connectivity index (χ1) is 15.2. The first kappa shape index (κ1) is 24.0. The van der Waals surface area contributed by atoms with Crippen LogP contribution in [-0.4, -0.2) is 22.5 Å². The minimum Gasteiger partial charge on any atom is -0.393 e. The Hall–Kier alpha value is -1.09. The van der Waals surface area contributed by atoms with Gasteiger partial charge in [0, 0.05) is 6.42 Å². The SMILES string of the molecule is CC1=NO[C@]2(CC[C@H](O)C/C2=C/C=C2\CCC[C@]3(C)[C@@H]([C@H](C)CCCC(C)C)CC[C@@H]23)C1. The molecule has 180 valence electrons. The van der Waals surface area contributed by atoms with Crippen LogP contribution in [0.15, 0.2) is 28.5 Å². The van der Waals surface area contributed by atoms with E-state index in [9.17, 15) is 5.11 Å². The lowest BCUT2D eigenvalue weighted by Crippen LogP contribution is -2.38. The lowest BCUT2D eigenvalue weighted by atomic mass is 9.60. The molecule has 0 bridgehead atoms. The van der Waals surface area contributed by atoms with E-state index in [2.05, 4.69) is 51.9 Å². The Morgan fingerprint density at radius 3 is 2.66 bits per heavy atom. The van der Waals surface area contributed by atoms with Crippen molar-refractivity contribution in [3.63, 3.8) is 0 Å². The van der Waals surface area contributed by atoms with Crippen molar-refractivity contribution < 1.29 is 9.94 Å². The zero-order chi connectivity index (χ0) is 22.9. The number of aliphatic hydroxyl groups excluding tert-OH is 1. The van der Waals surface area contributed by atoms with Crippen molar-refractivity contribution in [2.75, 3.05) is 0 Å². The molecule has 3 saturated carbocycles. The van der Waals surface area contributed by atoms with Gasteiger partial charge in [-0.3, -0.25) is 0 Å². The van der Waals surface area contributed by atoms with E-state index in [1.54, 1.807) is 5.57 Å². The van der Waals surface area contributed by atoms with Crippen LogP contribution >= 0.6 is 0 Å². The van der Waals surface area contributed by atoms with Crippen LogP contribution in [0.1, 0.15) is 112 Å². The number of nitrogens with zero attached hydrogens (tertiary/aromatic N) is 1. The summed E-state index contributed by atoms with van der Waals surface area (Å²) in [5.74, 6) is 3.27. The molecule has 1 spiro atoms. The van der Waals surface area contributed by atoms with E-state index in [1.807, 2.05) is 0 Å². The highest BCUT2D eigenvalue weighted by molar-refractivity contribution is 5.84. The second-order valence-corrected chi connectivity index (χ2v) is 12.3. The molecule has 0 aromatic carbocycles. The number of aliphatic hydroxyl groups is 1. The quantitative estimate of drug-likeness (QED) is 0.461. The highest BCUT2D eigenvalue weighted by Crippen LogP contribution is 2.60.